The zero-order chi connectivity index (χ0) is 14.4. The van der Waals surface area contributed by atoms with E-state index in [0.29, 0.717) is 17.9 Å². The Labute approximate surface area is 113 Å². The molecule has 0 N–H and O–H groups in total. The number of nitro groups is 1. The quantitative estimate of drug-likeness (QED) is 0.583. The Hall–Kier alpha value is -2.04. The van der Waals surface area contributed by atoms with Gasteiger partial charge in [-0.3, -0.25) is 10.1 Å². The van der Waals surface area contributed by atoms with Gasteiger partial charge in [0.1, 0.15) is 0 Å². The van der Waals surface area contributed by atoms with Gasteiger partial charge in [0.2, 0.25) is 5.70 Å². The van der Waals surface area contributed by atoms with Crippen LogP contribution in [0, 0.1) is 10.1 Å². The Morgan fingerprint density at radius 3 is 2.58 bits per heavy atom. The number of hydrogen-bond acceptors (Lipinski definition) is 4. The first-order valence-electron chi connectivity index (χ1n) is 6.17. The Morgan fingerprint density at radius 1 is 1.42 bits per heavy atom. The summed E-state index contributed by atoms with van der Waals surface area (Å²) in [4.78, 5) is 10.4. The highest BCUT2D eigenvalue weighted by atomic mass is 16.6. The fourth-order valence-corrected chi connectivity index (χ4v) is 1.60. The fraction of sp³-hybridized carbons (Fsp3) is 0.429. The van der Waals surface area contributed by atoms with Crippen molar-refractivity contribution in [2.45, 2.75) is 33.3 Å². The molecule has 0 unspecified atom stereocenters. The Balaban J connectivity index is 3.09. The lowest BCUT2D eigenvalue weighted by Crippen LogP contribution is -2.06. The summed E-state index contributed by atoms with van der Waals surface area (Å²) in [6, 6.07) is 5.27. The average Bonchev–Trinajstić information content (AvgIpc) is 2.36. The minimum atomic E-state index is -0.370. The van der Waals surface area contributed by atoms with Crippen molar-refractivity contribution in [2.75, 3.05) is 7.11 Å². The zero-order valence-electron chi connectivity index (χ0n) is 11.7. The summed E-state index contributed by atoms with van der Waals surface area (Å²) in [6.45, 7) is 5.60. The molecule has 104 valence electrons. The molecule has 0 saturated carbocycles. The molecule has 1 aromatic carbocycles. The summed E-state index contributed by atoms with van der Waals surface area (Å²) in [5, 5.41) is 10.8. The minimum absolute atomic E-state index is 0.0419. The van der Waals surface area contributed by atoms with Crippen molar-refractivity contribution >= 4 is 6.08 Å². The van der Waals surface area contributed by atoms with E-state index in [9.17, 15) is 10.1 Å². The Kier molecular flexibility index (Phi) is 5.36. The Bertz CT molecular complexity index is 480. The summed E-state index contributed by atoms with van der Waals surface area (Å²) in [6.07, 6.45) is 1.96. The van der Waals surface area contributed by atoms with Crippen LogP contribution >= 0.6 is 0 Å². The molecule has 1 aromatic rings. The fourth-order valence-electron chi connectivity index (χ4n) is 1.60. The van der Waals surface area contributed by atoms with Gasteiger partial charge in [0.05, 0.1) is 18.1 Å². The predicted molar refractivity (Wildman–Crippen MR) is 74.0 cm³/mol. The third-order valence-electron chi connectivity index (χ3n) is 2.48. The normalized spacial score (nSPS) is 11.5. The molecule has 0 saturated heterocycles. The molecule has 0 aromatic heterocycles. The highest BCUT2D eigenvalue weighted by Crippen LogP contribution is 2.29. The standard InChI is InChI=1S/C14H19NO4/c1-5-12(15(16)17)8-11-6-7-13(19-10(2)3)14(9-11)18-4/h6-10H,5H2,1-4H3/b12-8+. The van der Waals surface area contributed by atoms with E-state index >= 15 is 0 Å². The number of ether oxygens (including phenoxy) is 2. The van der Waals surface area contributed by atoms with Gasteiger partial charge in [0.25, 0.3) is 0 Å². The van der Waals surface area contributed by atoms with Crippen LogP contribution in [0.15, 0.2) is 23.9 Å². The molecule has 0 spiro atoms. The van der Waals surface area contributed by atoms with Gasteiger partial charge in [0.15, 0.2) is 11.5 Å². The summed E-state index contributed by atoms with van der Waals surface area (Å²) in [5.74, 6) is 1.20. The van der Waals surface area contributed by atoms with Crippen LogP contribution in [0.3, 0.4) is 0 Å². The van der Waals surface area contributed by atoms with Crippen molar-refractivity contribution in [3.05, 3.63) is 39.6 Å². The maximum absolute atomic E-state index is 10.8. The van der Waals surface area contributed by atoms with Crippen LogP contribution < -0.4 is 9.47 Å². The molecule has 0 atom stereocenters. The number of benzene rings is 1. The van der Waals surface area contributed by atoms with E-state index in [-0.39, 0.29) is 16.7 Å². The molecule has 0 fully saturated rings. The first-order chi connectivity index (χ1) is 8.97. The number of rotatable bonds is 6. The first kappa shape index (κ1) is 15.0. The summed E-state index contributed by atoms with van der Waals surface area (Å²) >= 11 is 0. The van der Waals surface area contributed by atoms with Crippen LogP contribution in [-0.4, -0.2) is 18.1 Å². The van der Waals surface area contributed by atoms with Gasteiger partial charge in [-0.25, -0.2) is 0 Å². The van der Waals surface area contributed by atoms with Crippen LogP contribution in [0.5, 0.6) is 11.5 Å². The molecule has 0 heterocycles. The van der Waals surface area contributed by atoms with Crippen LogP contribution in [0.2, 0.25) is 0 Å². The molecule has 0 aliphatic carbocycles. The third kappa shape index (κ3) is 4.28. The van der Waals surface area contributed by atoms with E-state index in [2.05, 4.69) is 0 Å². The van der Waals surface area contributed by atoms with Gasteiger partial charge in [-0.2, -0.15) is 0 Å². The molecule has 5 nitrogen and oxygen atoms in total. The van der Waals surface area contributed by atoms with Crippen LogP contribution in [0.25, 0.3) is 6.08 Å². The van der Waals surface area contributed by atoms with Crippen LogP contribution in [-0.2, 0) is 0 Å². The lowest BCUT2D eigenvalue weighted by atomic mass is 10.1. The second-order valence-corrected chi connectivity index (χ2v) is 4.32. The largest absolute Gasteiger partial charge is 0.493 e. The molecule has 0 amide bonds. The first-order valence-corrected chi connectivity index (χ1v) is 6.17. The lowest BCUT2D eigenvalue weighted by Gasteiger charge is -2.13. The van der Waals surface area contributed by atoms with E-state index in [4.69, 9.17) is 9.47 Å². The van der Waals surface area contributed by atoms with Gasteiger partial charge in [-0.05, 0) is 31.5 Å². The zero-order valence-corrected chi connectivity index (χ0v) is 11.7. The van der Waals surface area contributed by atoms with E-state index in [1.165, 1.54) is 0 Å². The van der Waals surface area contributed by atoms with E-state index in [1.807, 2.05) is 13.8 Å². The molecular weight excluding hydrogens is 246 g/mol. The number of nitrogens with zero attached hydrogens (tertiary/aromatic N) is 1. The smallest absolute Gasteiger partial charge is 0.246 e. The molecule has 0 aliphatic heterocycles. The molecule has 1 rings (SSSR count). The minimum Gasteiger partial charge on any atom is -0.493 e. The van der Waals surface area contributed by atoms with Crippen molar-refractivity contribution in [3.8, 4) is 11.5 Å². The number of allylic oxidation sites excluding steroid dienone is 1. The summed E-state index contributed by atoms with van der Waals surface area (Å²) in [5.41, 5.74) is 0.890. The van der Waals surface area contributed by atoms with Crippen molar-refractivity contribution in [1.29, 1.82) is 0 Å². The highest BCUT2D eigenvalue weighted by molar-refractivity contribution is 5.57. The van der Waals surface area contributed by atoms with E-state index in [0.717, 1.165) is 5.56 Å². The SMILES string of the molecule is CC/C(=C\c1ccc(OC(C)C)c(OC)c1)[N+](=O)[O-]. The summed E-state index contributed by atoms with van der Waals surface area (Å²) in [7, 11) is 1.55. The summed E-state index contributed by atoms with van der Waals surface area (Å²) < 4.78 is 10.8. The molecule has 0 aliphatic rings. The molecule has 0 bridgehead atoms. The molecule has 5 heteroatoms. The highest BCUT2D eigenvalue weighted by Gasteiger charge is 2.10. The van der Waals surface area contributed by atoms with Crippen molar-refractivity contribution < 1.29 is 14.4 Å². The van der Waals surface area contributed by atoms with Crippen LogP contribution in [0.4, 0.5) is 0 Å². The maximum Gasteiger partial charge on any atom is 0.246 e. The number of methoxy groups -OCH3 is 1. The van der Waals surface area contributed by atoms with E-state index < -0.39 is 0 Å². The maximum atomic E-state index is 10.8. The van der Waals surface area contributed by atoms with Crippen molar-refractivity contribution in [2.24, 2.45) is 0 Å². The van der Waals surface area contributed by atoms with Gasteiger partial charge in [-0.15, -0.1) is 0 Å². The molecule has 19 heavy (non-hydrogen) atoms. The van der Waals surface area contributed by atoms with E-state index in [1.54, 1.807) is 38.3 Å². The third-order valence-corrected chi connectivity index (χ3v) is 2.48. The monoisotopic (exact) mass is 265 g/mol. The van der Waals surface area contributed by atoms with Gasteiger partial charge in [0, 0.05) is 12.5 Å². The van der Waals surface area contributed by atoms with Gasteiger partial charge in [-0.1, -0.05) is 13.0 Å². The average molecular weight is 265 g/mol. The second kappa shape index (κ2) is 6.78. The van der Waals surface area contributed by atoms with Crippen molar-refractivity contribution in [1.82, 2.24) is 0 Å². The van der Waals surface area contributed by atoms with Crippen molar-refractivity contribution in [3.63, 3.8) is 0 Å². The molecule has 0 radical (unpaired) electrons. The van der Waals surface area contributed by atoms with Crippen LogP contribution in [0.1, 0.15) is 32.8 Å². The topological polar surface area (TPSA) is 61.6 Å². The number of hydrogen-bond donors (Lipinski definition) is 0. The predicted octanol–water partition coefficient (Wildman–Crippen LogP) is 3.51. The second-order valence-electron chi connectivity index (χ2n) is 4.32. The molecular formula is C14H19NO4. The van der Waals surface area contributed by atoms with Gasteiger partial charge >= 0.3 is 0 Å². The lowest BCUT2D eigenvalue weighted by molar-refractivity contribution is -0.425. The van der Waals surface area contributed by atoms with Gasteiger partial charge < -0.3 is 9.47 Å². The Morgan fingerprint density at radius 2 is 2.11 bits per heavy atom.